The first-order valence-electron chi connectivity index (χ1n) is 8.40. The number of carbonyl (C=O) groups is 2. The predicted molar refractivity (Wildman–Crippen MR) is 115 cm³/mol. The van der Waals surface area contributed by atoms with Crippen LogP contribution < -0.4 is 10.6 Å². The molecule has 144 valence electrons. The molecular formula is C20H22Cl2N2O2S. The fourth-order valence-electron chi connectivity index (χ4n) is 2.24. The summed E-state index contributed by atoms with van der Waals surface area (Å²) >= 11 is 13.2. The Morgan fingerprint density at radius 3 is 2.07 bits per heavy atom. The van der Waals surface area contributed by atoms with Crippen LogP contribution in [0, 0.1) is 5.41 Å². The molecule has 2 amide bonds. The number of carbonyl (C=O) groups excluding carboxylic acids is 2. The van der Waals surface area contributed by atoms with Gasteiger partial charge in [-0.05, 0) is 47.9 Å². The van der Waals surface area contributed by atoms with Gasteiger partial charge in [-0.3, -0.25) is 9.59 Å². The Morgan fingerprint density at radius 1 is 0.889 bits per heavy atom. The highest BCUT2D eigenvalue weighted by Crippen LogP contribution is 2.26. The summed E-state index contributed by atoms with van der Waals surface area (Å²) in [6, 6.07) is 12.4. The van der Waals surface area contributed by atoms with E-state index in [-0.39, 0.29) is 23.0 Å². The molecule has 2 aromatic carbocycles. The normalized spacial score (nSPS) is 11.1. The molecule has 0 bridgehead atoms. The molecular weight excluding hydrogens is 403 g/mol. The largest absolute Gasteiger partial charge is 0.326 e. The molecule has 0 aliphatic rings. The van der Waals surface area contributed by atoms with Crippen molar-refractivity contribution < 1.29 is 9.59 Å². The number of hydrogen-bond acceptors (Lipinski definition) is 3. The van der Waals surface area contributed by atoms with Crippen molar-refractivity contribution in [2.24, 2.45) is 5.41 Å². The fraction of sp³-hybridized carbons (Fsp3) is 0.300. The molecule has 2 N–H and O–H groups in total. The number of anilines is 2. The Balaban J connectivity index is 1.83. The van der Waals surface area contributed by atoms with Gasteiger partial charge in [-0.2, -0.15) is 0 Å². The van der Waals surface area contributed by atoms with Crippen molar-refractivity contribution in [1.82, 2.24) is 0 Å². The summed E-state index contributed by atoms with van der Waals surface area (Å²) < 4.78 is 0. The first-order chi connectivity index (χ1) is 12.6. The van der Waals surface area contributed by atoms with Crippen LogP contribution in [-0.4, -0.2) is 17.6 Å². The lowest BCUT2D eigenvalue weighted by Gasteiger charge is -2.17. The third-order valence-electron chi connectivity index (χ3n) is 3.40. The van der Waals surface area contributed by atoms with Gasteiger partial charge in [0.1, 0.15) is 0 Å². The van der Waals surface area contributed by atoms with E-state index < -0.39 is 0 Å². The lowest BCUT2D eigenvalue weighted by Crippen LogP contribution is -2.19. The van der Waals surface area contributed by atoms with Crippen LogP contribution in [0.3, 0.4) is 0 Å². The second-order valence-electron chi connectivity index (χ2n) is 7.28. The van der Waals surface area contributed by atoms with Gasteiger partial charge in [0, 0.05) is 22.7 Å². The third-order valence-corrected chi connectivity index (χ3v) is 5.15. The van der Waals surface area contributed by atoms with Gasteiger partial charge in [-0.25, -0.2) is 0 Å². The summed E-state index contributed by atoms with van der Waals surface area (Å²) in [5.74, 6) is 0.112. The molecule has 0 unspecified atom stereocenters. The molecule has 4 nitrogen and oxygen atoms in total. The minimum Gasteiger partial charge on any atom is -0.326 e. The summed E-state index contributed by atoms with van der Waals surface area (Å²) in [6.45, 7) is 6.07. The van der Waals surface area contributed by atoms with Crippen LogP contribution in [0.1, 0.15) is 27.2 Å². The predicted octanol–water partition coefficient (Wildman–Crippen LogP) is 6.10. The van der Waals surface area contributed by atoms with Gasteiger partial charge in [-0.1, -0.05) is 44.0 Å². The maximum Gasteiger partial charge on any atom is 0.234 e. The molecule has 2 rings (SSSR count). The smallest absolute Gasteiger partial charge is 0.234 e. The van der Waals surface area contributed by atoms with Gasteiger partial charge in [0.25, 0.3) is 0 Å². The Morgan fingerprint density at radius 2 is 1.48 bits per heavy atom. The molecule has 0 aliphatic carbocycles. The molecule has 0 aromatic heterocycles. The van der Waals surface area contributed by atoms with Crippen molar-refractivity contribution in [3.8, 4) is 0 Å². The molecule has 0 heterocycles. The van der Waals surface area contributed by atoms with E-state index in [2.05, 4.69) is 10.6 Å². The van der Waals surface area contributed by atoms with Crippen LogP contribution in [0.4, 0.5) is 11.4 Å². The summed E-state index contributed by atoms with van der Waals surface area (Å²) in [5, 5.41) is 6.50. The van der Waals surface area contributed by atoms with Gasteiger partial charge < -0.3 is 10.6 Å². The number of hydrogen-bond donors (Lipinski definition) is 2. The number of halogens is 2. The number of rotatable bonds is 6. The number of benzene rings is 2. The van der Waals surface area contributed by atoms with Crippen LogP contribution in [0.2, 0.25) is 10.0 Å². The molecule has 0 fully saturated rings. The molecule has 27 heavy (non-hydrogen) atoms. The summed E-state index contributed by atoms with van der Waals surface area (Å²) in [7, 11) is 0. The van der Waals surface area contributed by atoms with E-state index in [0.29, 0.717) is 22.2 Å². The molecule has 0 saturated carbocycles. The molecule has 0 radical (unpaired) electrons. The average molecular weight is 425 g/mol. The Hall–Kier alpha value is -1.69. The van der Waals surface area contributed by atoms with Gasteiger partial charge in [-0.15, -0.1) is 11.8 Å². The topological polar surface area (TPSA) is 58.2 Å². The van der Waals surface area contributed by atoms with Gasteiger partial charge in [0.05, 0.1) is 15.8 Å². The van der Waals surface area contributed by atoms with Crippen molar-refractivity contribution in [3.63, 3.8) is 0 Å². The molecule has 7 heteroatoms. The van der Waals surface area contributed by atoms with Crippen LogP contribution in [0.5, 0.6) is 0 Å². The number of amides is 2. The van der Waals surface area contributed by atoms with Gasteiger partial charge in [0.15, 0.2) is 0 Å². The van der Waals surface area contributed by atoms with Gasteiger partial charge in [0.2, 0.25) is 11.8 Å². The van der Waals surface area contributed by atoms with E-state index in [1.165, 1.54) is 11.8 Å². The first kappa shape index (κ1) is 21.6. The molecule has 0 spiro atoms. The zero-order valence-corrected chi connectivity index (χ0v) is 17.8. The lowest BCUT2D eigenvalue weighted by atomic mass is 9.92. The van der Waals surface area contributed by atoms with E-state index in [0.717, 1.165) is 10.6 Å². The average Bonchev–Trinajstić information content (AvgIpc) is 2.56. The molecule has 2 aromatic rings. The fourth-order valence-corrected chi connectivity index (χ4v) is 3.24. The van der Waals surface area contributed by atoms with E-state index in [4.69, 9.17) is 23.2 Å². The van der Waals surface area contributed by atoms with Crippen LogP contribution >= 0.6 is 35.0 Å². The highest BCUT2D eigenvalue weighted by Gasteiger charge is 2.15. The van der Waals surface area contributed by atoms with E-state index in [1.807, 2.05) is 45.0 Å². The zero-order chi connectivity index (χ0) is 20.0. The van der Waals surface area contributed by atoms with E-state index in [9.17, 15) is 9.59 Å². The molecule has 0 aliphatic heterocycles. The zero-order valence-electron chi connectivity index (χ0n) is 15.4. The minimum atomic E-state index is -0.138. The standard InChI is InChI=1S/C20H22Cl2N2O2S/c1-20(2,3)11-18(25)23-13-4-7-15(8-5-13)27-12-19(26)24-14-6-9-16(21)17(22)10-14/h4-10H,11-12H2,1-3H3,(H,23,25)(H,24,26). The second kappa shape index (κ2) is 9.49. The summed E-state index contributed by atoms with van der Waals surface area (Å²) in [6.07, 6.45) is 0.457. The van der Waals surface area contributed by atoms with E-state index in [1.54, 1.807) is 18.2 Å². The maximum atomic E-state index is 12.1. The molecule has 0 saturated heterocycles. The number of thioether (sulfide) groups is 1. The van der Waals surface area contributed by atoms with Crippen molar-refractivity contribution >= 4 is 58.2 Å². The Kier molecular flexibility index (Phi) is 7.59. The monoisotopic (exact) mass is 424 g/mol. The van der Waals surface area contributed by atoms with Crippen LogP contribution in [0.15, 0.2) is 47.4 Å². The van der Waals surface area contributed by atoms with Gasteiger partial charge >= 0.3 is 0 Å². The lowest BCUT2D eigenvalue weighted by molar-refractivity contribution is -0.118. The van der Waals surface area contributed by atoms with E-state index >= 15 is 0 Å². The molecule has 0 atom stereocenters. The summed E-state index contributed by atoms with van der Waals surface area (Å²) in [5.41, 5.74) is 1.29. The van der Waals surface area contributed by atoms with Crippen molar-refractivity contribution in [2.75, 3.05) is 16.4 Å². The third kappa shape index (κ3) is 7.83. The summed E-state index contributed by atoms with van der Waals surface area (Å²) in [4.78, 5) is 25.0. The van der Waals surface area contributed by atoms with Crippen molar-refractivity contribution in [3.05, 3.63) is 52.5 Å². The second-order valence-corrected chi connectivity index (χ2v) is 9.14. The highest BCUT2D eigenvalue weighted by molar-refractivity contribution is 8.00. The SMILES string of the molecule is CC(C)(C)CC(=O)Nc1ccc(SCC(=O)Nc2ccc(Cl)c(Cl)c2)cc1. The maximum absolute atomic E-state index is 12.1. The first-order valence-corrected chi connectivity index (χ1v) is 10.1. The van der Waals surface area contributed by atoms with Crippen LogP contribution in [0.25, 0.3) is 0 Å². The van der Waals surface area contributed by atoms with Crippen molar-refractivity contribution in [2.45, 2.75) is 32.1 Å². The minimum absolute atomic E-state index is 0.0103. The quantitative estimate of drug-likeness (QED) is 0.550. The number of nitrogens with one attached hydrogen (secondary N) is 2. The Bertz CT molecular complexity index is 818. The Labute approximate surface area is 174 Å². The highest BCUT2D eigenvalue weighted by atomic mass is 35.5. The van der Waals surface area contributed by atoms with Crippen molar-refractivity contribution in [1.29, 1.82) is 0 Å². The van der Waals surface area contributed by atoms with Crippen LogP contribution in [-0.2, 0) is 9.59 Å².